The number of imidazole rings is 1. The molecular formula is C9H14N2O2S. The number of rotatable bonds is 0. The summed E-state index contributed by atoms with van der Waals surface area (Å²) in [5, 5.41) is 8.85. The molecule has 0 aliphatic carbocycles. The van der Waals surface area contributed by atoms with Gasteiger partial charge in [0.15, 0.2) is 4.77 Å². The van der Waals surface area contributed by atoms with Gasteiger partial charge in [-0.15, -0.1) is 0 Å². The summed E-state index contributed by atoms with van der Waals surface area (Å²) in [6.45, 7) is 6.05. The maximum Gasteiger partial charge on any atom is 0.417 e. The van der Waals surface area contributed by atoms with Gasteiger partial charge in [-0.25, -0.2) is 9.36 Å². The average molecular weight is 214 g/mol. The molecule has 14 heavy (non-hydrogen) atoms. The quantitative estimate of drug-likeness (QED) is 0.674. The van der Waals surface area contributed by atoms with Crippen molar-refractivity contribution in [1.82, 2.24) is 9.13 Å². The number of nitrogens with zero attached hydrogens (tertiary/aromatic N) is 2. The summed E-state index contributed by atoms with van der Waals surface area (Å²) in [4.78, 5) is 10.8. The lowest BCUT2D eigenvalue weighted by molar-refractivity contribution is 0.195. The number of aromatic nitrogens is 2. The minimum absolute atomic E-state index is 0.108. The molecule has 1 rings (SSSR count). The highest BCUT2D eigenvalue weighted by atomic mass is 32.1. The van der Waals surface area contributed by atoms with Gasteiger partial charge in [0.25, 0.3) is 0 Å². The molecule has 0 spiro atoms. The zero-order valence-corrected chi connectivity index (χ0v) is 9.55. The molecule has 0 unspecified atom stereocenters. The van der Waals surface area contributed by atoms with Crippen molar-refractivity contribution >= 4 is 18.3 Å². The van der Waals surface area contributed by atoms with Crippen LogP contribution in [-0.4, -0.2) is 20.3 Å². The zero-order chi connectivity index (χ0) is 11.1. The second-order valence-corrected chi connectivity index (χ2v) is 4.62. The Hall–Kier alpha value is -1.10. The Labute approximate surface area is 87.8 Å². The molecule has 0 atom stereocenters. The molecule has 4 nitrogen and oxygen atoms in total. The van der Waals surface area contributed by atoms with E-state index < -0.39 is 6.09 Å². The van der Waals surface area contributed by atoms with E-state index in [-0.39, 0.29) is 5.41 Å². The SMILES string of the molecule is Cn1c(C(C)(C)C)cn(C(=O)O)c1=S. The van der Waals surface area contributed by atoms with Crippen LogP contribution in [0.3, 0.4) is 0 Å². The van der Waals surface area contributed by atoms with Crippen LogP contribution < -0.4 is 0 Å². The molecule has 1 heterocycles. The van der Waals surface area contributed by atoms with Gasteiger partial charge < -0.3 is 9.67 Å². The van der Waals surface area contributed by atoms with Crippen molar-refractivity contribution in [2.24, 2.45) is 7.05 Å². The Morgan fingerprint density at radius 3 is 2.21 bits per heavy atom. The predicted octanol–water partition coefficient (Wildman–Crippen LogP) is 2.38. The summed E-state index contributed by atoms with van der Waals surface area (Å²) in [7, 11) is 1.78. The van der Waals surface area contributed by atoms with E-state index in [4.69, 9.17) is 17.3 Å². The van der Waals surface area contributed by atoms with Crippen LogP contribution in [0.15, 0.2) is 6.20 Å². The van der Waals surface area contributed by atoms with Crippen LogP contribution >= 0.6 is 12.2 Å². The minimum Gasteiger partial charge on any atom is -0.464 e. The maximum absolute atomic E-state index is 10.8. The molecule has 1 aromatic rings. The second-order valence-electron chi connectivity index (χ2n) is 4.26. The third-order valence-corrected chi connectivity index (χ3v) is 2.55. The molecule has 1 aromatic heterocycles. The third kappa shape index (κ3) is 1.72. The second kappa shape index (κ2) is 3.24. The number of hydrogen-bond acceptors (Lipinski definition) is 2. The van der Waals surface area contributed by atoms with Gasteiger partial charge in [-0.3, -0.25) is 0 Å². The van der Waals surface area contributed by atoms with Crippen LogP contribution in [0, 0.1) is 4.77 Å². The summed E-state index contributed by atoms with van der Waals surface area (Å²) >= 11 is 5.00. The normalized spacial score (nSPS) is 11.7. The van der Waals surface area contributed by atoms with Crippen LogP contribution in [0.2, 0.25) is 0 Å². The van der Waals surface area contributed by atoms with E-state index in [1.54, 1.807) is 17.8 Å². The Morgan fingerprint density at radius 2 is 2.00 bits per heavy atom. The van der Waals surface area contributed by atoms with Crippen LogP contribution in [0.5, 0.6) is 0 Å². The van der Waals surface area contributed by atoms with Crippen LogP contribution in [-0.2, 0) is 12.5 Å². The van der Waals surface area contributed by atoms with E-state index in [9.17, 15) is 4.79 Å². The van der Waals surface area contributed by atoms with Crippen molar-refractivity contribution < 1.29 is 9.90 Å². The highest BCUT2D eigenvalue weighted by Crippen LogP contribution is 2.22. The highest BCUT2D eigenvalue weighted by molar-refractivity contribution is 7.71. The summed E-state index contributed by atoms with van der Waals surface area (Å²) in [5.74, 6) is 0. The van der Waals surface area contributed by atoms with E-state index in [1.807, 2.05) is 20.8 Å². The summed E-state index contributed by atoms with van der Waals surface area (Å²) in [5.41, 5.74) is 0.799. The Morgan fingerprint density at radius 1 is 1.50 bits per heavy atom. The fourth-order valence-corrected chi connectivity index (χ4v) is 1.59. The first-order valence-electron chi connectivity index (χ1n) is 4.27. The van der Waals surface area contributed by atoms with Crippen molar-refractivity contribution in [2.75, 3.05) is 0 Å². The van der Waals surface area contributed by atoms with Crippen molar-refractivity contribution in [3.63, 3.8) is 0 Å². The molecule has 0 aromatic carbocycles. The Bertz CT molecular complexity index is 423. The monoisotopic (exact) mass is 214 g/mol. The van der Waals surface area contributed by atoms with Gasteiger partial charge in [0.05, 0.1) is 0 Å². The van der Waals surface area contributed by atoms with Gasteiger partial charge in [0, 0.05) is 24.4 Å². The van der Waals surface area contributed by atoms with Crippen molar-refractivity contribution in [2.45, 2.75) is 26.2 Å². The van der Waals surface area contributed by atoms with E-state index in [1.165, 1.54) is 0 Å². The summed E-state index contributed by atoms with van der Waals surface area (Å²) < 4.78 is 3.10. The standard InChI is InChI=1S/C9H14N2O2S/c1-9(2,3)6-5-11(8(12)13)7(14)10(6)4/h5H,1-4H3,(H,12,13). The molecule has 0 amide bonds. The third-order valence-electron chi connectivity index (χ3n) is 2.08. The molecule has 0 saturated heterocycles. The van der Waals surface area contributed by atoms with Gasteiger partial charge in [-0.2, -0.15) is 0 Å². The smallest absolute Gasteiger partial charge is 0.417 e. The molecule has 1 N–H and O–H groups in total. The molecule has 0 bridgehead atoms. The lowest BCUT2D eigenvalue weighted by atomic mass is 9.93. The minimum atomic E-state index is -1.04. The molecule has 78 valence electrons. The largest absolute Gasteiger partial charge is 0.464 e. The van der Waals surface area contributed by atoms with Gasteiger partial charge in [-0.05, 0) is 12.2 Å². The van der Waals surface area contributed by atoms with Crippen LogP contribution in [0.4, 0.5) is 4.79 Å². The van der Waals surface area contributed by atoms with Crippen LogP contribution in [0.25, 0.3) is 0 Å². The predicted molar refractivity (Wildman–Crippen MR) is 56.4 cm³/mol. The van der Waals surface area contributed by atoms with E-state index in [2.05, 4.69) is 0 Å². The first-order chi connectivity index (χ1) is 6.25. The van der Waals surface area contributed by atoms with Crippen LogP contribution in [0.1, 0.15) is 26.5 Å². The average Bonchev–Trinajstić information content (AvgIpc) is 2.28. The number of carbonyl (C=O) groups is 1. The molecule has 0 aliphatic heterocycles. The van der Waals surface area contributed by atoms with Gasteiger partial charge in [0.2, 0.25) is 0 Å². The highest BCUT2D eigenvalue weighted by Gasteiger charge is 2.20. The summed E-state index contributed by atoms with van der Waals surface area (Å²) in [6, 6.07) is 0. The van der Waals surface area contributed by atoms with E-state index in [0.29, 0.717) is 4.77 Å². The Kier molecular flexibility index (Phi) is 2.54. The summed E-state index contributed by atoms with van der Waals surface area (Å²) in [6.07, 6.45) is 0.533. The molecule has 0 radical (unpaired) electrons. The number of hydrogen-bond donors (Lipinski definition) is 1. The zero-order valence-electron chi connectivity index (χ0n) is 8.74. The van der Waals surface area contributed by atoms with Crippen molar-refractivity contribution in [3.05, 3.63) is 16.7 Å². The fraction of sp³-hybridized carbons (Fsp3) is 0.556. The van der Waals surface area contributed by atoms with Crippen molar-refractivity contribution in [3.8, 4) is 0 Å². The molecular weight excluding hydrogens is 200 g/mol. The molecule has 0 fully saturated rings. The fourth-order valence-electron chi connectivity index (χ4n) is 1.36. The molecule has 0 aliphatic rings. The Balaban J connectivity index is 3.45. The maximum atomic E-state index is 10.8. The topological polar surface area (TPSA) is 47.2 Å². The number of carboxylic acid groups (broad SMARTS) is 1. The van der Waals surface area contributed by atoms with Gasteiger partial charge in [-0.1, -0.05) is 20.8 Å². The lowest BCUT2D eigenvalue weighted by Crippen LogP contribution is -2.15. The lowest BCUT2D eigenvalue weighted by Gasteiger charge is -2.18. The first kappa shape index (κ1) is 11.0. The molecule has 5 heteroatoms. The van der Waals surface area contributed by atoms with Gasteiger partial charge in [0.1, 0.15) is 0 Å². The van der Waals surface area contributed by atoms with Crippen molar-refractivity contribution in [1.29, 1.82) is 0 Å². The molecule has 0 saturated carbocycles. The first-order valence-corrected chi connectivity index (χ1v) is 4.68. The van der Waals surface area contributed by atoms with E-state index in [0.717, 1.165) is 10.3 Å². The van der Waals surface area contributed by atoms with E-state index >= 15 is 0 Å². The van der Waals surface area contributed by atoms with Gasteiger partial charge >= 0.3 is 6.09 Å².